The summed E-state index contributed by atoms with van der Waals surface area (Å²) in [4.78, 5) is 0. The van der Waals surface area contributed by atoms with E-state index in [1.54, 1.807) is 7.11 Å². The maximum absolute atomic E-state index is 10.5. The van der Waals surface area contributed by atoms with E-state index >= 15 is 0 Å². The van der Waals surface area contributed by atoms with Crippen LogP contribution in [0.4, 0.5) is 0 Å². The van der Waals surface area contributed by atoms with Crippen LogP contribution in [0.15, 0.2) is 30.3 Å². The van der Waals surface area contributed by atoms with Crippen LogP contribution in [0.2, 0.25) is 0 Å². The van der Waals surface area contributed by atoms with Gasteiger partial charge in [0.1, 0.15) is 6.10 Å². The molecule has 2 atom stereocenters. The summed E-state index contributed by atoms with van der Waals surface area (Å²) < 4.78 is 5.53. The zero-order chi connectivity index (χ0) is 13.0. The predicted molar refractivity (Wildman–Crippen MR) is 73.3 cm³/mol. The molecular weight excluding hydrogens is 224 g/mol. The van der Waals surface area contributed by atoms with E-state index in [2.05, 4.69) is 6.92 Å². The Hall–Kier alpha value is -0.860. The van der Waals surface area contributed by atoms with E-state index in [1.165, 1.54) is 12.8 Å². The van der Waals surface area contributed by atoms with Crippen LogP contribution in [-0.2, 0) is 4.74 Å². The molecule has 0 aliphatic heterocycles. The quantitative estimate of drug-likeness (QED) is 0.882. The SMILES string of the molecule is COC(c1ccccc1)C(O)C1CCC(C)CC1. The van der Waals surface area contributed by atoms with Crippen molar-refractivity contribution in [3.63, 3.8) is 0 Å². The maximum Gasteiger partial charge on any atom is 0.108 e. The number of hydrogen-bond donors (Lipinski definition) is 1. The highest BCUT2D eigenvalue weighted by Gasteiger charge is 2.31. The lowest BCUT2D eigenvalue weighted by atomic mass is 9.78. The highest BCUT2D eigenvalue weighted by molar-refractivity contribution is 5.19. The Morgan fingerprint density at radius 3 is 2.28 bits per heavy atom. The number of rotatable bonds is 4. The van der Waals surface area contributed by atoms with E-state index < -0.39 is 0 Å². The van der Waals surface area contributed by atoms with Crippen molar-refractivity contribution in [1.82, 2.24) is 0 Å². The first-order chi connectivity index (χ1) is 8.72. The van der Waals surface area contributed by atoms with E-state index in [0.29, 0.717) is 5.92 Å². The first kappa shape index (κ1) is 13.6. The van der Waals surface area contributed by atoms with Crippen molar-refractivity contribution in [2.75, 3.05) is 7.11 Å². The third-order valence-corrected chi connectivity index (χ3v) is 4.24. The number of ether oxygens (including phenoxy) is 1. The second-order valence-electron chi connectivity index (χ2n) is 5.58. The van der Waals surface area contributed by atoms with Crippen molar-refractivity contribution < 1.29 is 9.84 Å². The van der Waals surface area contributed by atoms with Crippen LogP contribution in [0, 0.1) is 11.8 Å². The Bertz CT molecular complexity index is 341. The van der Waals surface area contributed by atoms with Gasteiger partial charge in [-0.25, -0.2) is 0 Å². The van der Waals surface area contributed by atoms with Crippen LogP contribution >= 0.6 is 0 Å². The Kier molecular flexibility index (Phi) is 4.79. The molecule has 0 radical (unpaired) electrons. The van der Waals surface area contributed by atoms with Crippen molar-refractivity contribution in [3.8, 4) is 0 Å². The summed E-state index contributed by atoms with van der Waals surface area (Å²) in [6.07, 6.45) is 4.12. The Labute approximate surface area is 110 Å². The molecule has 1 aliphatic carbocycles. The highest BCUT2D eigenvalue weighted by atomic mass is 16.5. The third-order valence-electron chi connectivity index (χ3n) is 4.24. The highest BCUT2D eigenvalue weighted by Crippen LogP contribution is 2.35. The van der Waals surface area contributed by atoms with E-state index in [4.69, 9.17) is 4.74 Å². The van der Waals surface area contributed by atoms with Crippen LogP contribution in [0.25, 0.3) is 0 Å². The molecule has 2 unspecified atom stereocenters. The van der Waals surface area contributed by atoms with Crippen molar-refractivity contribution >= 4 is 0 Å². The van der Waals surface area contributed by atoms with Gasteiger partial charge in [0.15, 0.2) is 0 Å². The first-order valence-corrected chi connectivity index (χ1v) is 6.98. The summed E-state index contributed by atoms with van der Waals surface area (Å²) in [6.45, 7) is 2.30. The second kappa shape index (κ2) is 6.35. The summed E-state index contributed by atoms with van der Waals surface area (Å²) in [5.41, 5.74) is 1.08. The second-order valence-corrected chi connectivity index (χ2v) is 5.58. The Morgan fingerprint density at radius 1 is 1.11 bits per heavy atom. The summed E-state index contributed by atoms with van der Waals surface area (Å²) in [7, 11) is 1.69. The molecular formula is C16H24O2. The molecule has 1 fully saturated rings. The first-order valence-electron chi connectivity index (χ1n) is 6.98. The number of aliphatic hydroxyl groups is 1. The molecule has 2 rings (SSSR count). The fourth-order valence-corrected chi connectivity index (χ4v) is 2.99. The normalized spacial score (nSPS) is 27.7. The molecule has 0 heterocycles. The number of benzene rings is 1. The van der Waals surface area contributed by atoms with E-state index in [9.17, 15) is 5.11 Å². The van der Waals surface area contributed by atoms with Crippen molar-refractivity contribution in [2.45, 2.75) is 44.8 Å². The molecule has 100 valence electrons. The molecule has 0 aromatic heterocycles. The lowest BCUT2D eigenvalue weighted by Crippen LogP contribution is -2.31. The van der Waals surface area contributed by atoms with E-state index in [-0.39, 0.29) is 12.2 Å². The van der Waals surface area contributed by atoms with Gasteiger partial charge in [0.25, 0.3) is 0 Å². The summed E-state index contributed by atoms with van der Waals surface area (Å²) in [6, 6.07) is 10.0. The van der Waals surface area contributed by atoms with Gasteiger partial charge < -0.3 is 9.84 Å². The minimum absolute atomic E-state index is 0.190. The van der Waals surface area contributed by atoms with Gasteiger partial charge >= 0.3 is 0 Å². The topological polar surface area (TPSA) is 29.5 Å². The summed E-state index contributed by atoms with van der Waals surface area (Å²) in [5, 5.41) is 10.5. The Balaban J connectivity index is 2.04. The van der Waals surface area contributed by atoms with E-state index in [1.807, 2.05) is 30.3 Å². The standard InChI is InChI=1S/C16H24O2/c1-12-8-10-13(11-9-12)15(17)16(18-2)14-6-4-3-5-7-14/h3-7,12-13,15-17H,8-11H2,1-2H3. The molecule has 0 amide bonds. The molecule has 0 bridgehead atoms. The number of hydrogen-bond acceptors (Lipinski definition) is 2. The molecule has 1 N–H and O–H groups in total. The molecule has 2 nitrogen and oxygen atoms in total. The molecule has 1 aliphatic rings. The minimum atomic E-state index is -0.384. The molecule has 0 saturated heterocycles. The molecule has 1 aromatic rings. The molecule has 0 spiro atoms. The Morgan fingerprint density at radius 2 is 1.72 bits per heavy atom. The fraction of sp³-hybridized carbons (Fsp3) is 0.625. The van der Waals surface area contributed by atoms with Crippen LogP contribution in [0.3, 0.4) is 0 Å². The molecule has 18 heavy (non-hydrogen) atoms. The largest absolute Gasteiger partial charge is 0.390 e. The lowest BCUT2D eigenvalue weighted by molar-refractivity contribution is -0.0537. The van der Waals surface area contributed by atoms with Gasteiger partial charge in [-0.05, 0) is 30.2 Å². The van der Waals surface area contributed by atoms with Gasteiger partial charge in [-0.2, -0.15) is 0 Å². The van der Waals surface area contributed by atoms with Crippen LogP contribution in [0.5, 0.6) is 0 Å². The summed E-state index contributed by atoms with van der Waals surface area (Å²) in [5.74, 6) is 1.19. The minimum Gasteiger partial charge on any atom is -0.390 e. The van der Waals surface area contributed by atoms with Crippen molar-refractivity contribution in [2.24, 2.45) is 11.8 Å². The summed E-state index contributed by atoms with van der Waals surface area (Å²) >= 11 is 0. The monoisotopic (exact) mass is 248 g/mol. The van der Waals surface area contributed by atoms with Crippen molar-refractivity contribution in [3.05, 3.63) is 35.9 Å². The van der Waals surface area contributed by atoms with E-state index in [0.717, 1.165) is 24.3 Å². The van der Waals surface area contributed by atoms with Gasteiger partial charge in [-0.3, -0.25) is 0 Å². The zero-order valence-electron chi connectivity index (χ0n) is 11.4. The van der Waals surface area contributed by atoms with Gasteiger partial charge in [0.2, 0.25) is 0 Å². The van der Waals surface area contributed by atoms with Crippen LogP contribution < -0.4 is 0 Å². The fourth-order valence-electron chi connectivity index (χ4n) is 2.99. The van der Waals surface area contributed by atoms with Gasteiger partial charge in [0, 0.05) is 7.11 Å². The zero-order valence-corrected chi connectivity index (χ0v) is 11.4. The maximum atomic E-state index is 10.5. The number of aliphatic hydroxyl groups excluding tert-OH is 1. The average Bonchev–Trinajstić information content (AvgIpc) is 2.41. The van der Waals surface area contributed by atoms with Gasteiger partial charge in [0.05, 0.1) is 6.10 Å². The smallest absolute Gasteiger partial charge is 0.108 e. The molecule has 1 saturated carbocycles. The number of methoxy groups -OCH3 is 1. The van der Waals surface area contributed by atoms with Gasteiger partial charge in [-0.15, -0.1) is 0 Å². The lowest BCUT2D eigenvalue weighted by Gasteiger charge is -2.33. The molecule has 2 heteroatoms. The van der Waals surface area contributed by atoms with Crippen LogP contribution in [0.1, 0.15) is 44.3 Å². The predicted octanol–water partition coefficient (Wildman–Crippen LogP) is 3.56. The van der Waals surface area contributed by atoms with Gasteiger partial charge in [-0.1, -0.05) is 50.1 Å². The average molecular weight is 248 g/mol. The van der Waals surface area contributed by atoms with Crippen LogP contribution in [-0.4, -0.2) is 18.3 Å². The third kappa shape index (κ3) is 3.12. The van der Waals surface area contributed by atoms with Crippen molar-refractivity contribution in [1.29, 1.82) is 0 Å². The molecule has 1 aromatic carbocycles.